The van der Waals surface area contributed by atoms with Crippen molar-refractivity contribution in [3.8, 4) is 0 Å². The Balaban J connectivity index is 1.89. The number of amides is 1. The van der Waals surface area contributed by atoms with Gasteiger partial charge in [0.2, 0.25) is 5.91 Å². The van der Waals surface area contributed by atoms with E-state index in [1.165, 1.54) is 6.08 Å². The third kappa shape index (κ3) is 5.74. The number of anilines is 1. The molecule has 5 nitrogen and oxygen atoms in total. The second-order valence-corrected chi connectivity index (χ2v) is 4.79. The fourth-order valence-corrected chi connectivity index (χ4v) is 1.92. The summed E-state index contributed by atoms with van der Waals surface area (Å²) in [4.78, 5) is 27.1. The van der Waals surface area contributed by atoms with Crippen LogP contribution >= 0.6 is 0 Å². The van der Waals surface area contributed by atoms with E-state index < -0.39 is 0 Å². The molecule has 1 amide bonds. The molecule has 0 saturated heterocycles. The Kier molecular flexibility index (Phi) is 6.06. The predicted molar refractivity (Wildman–Crippen MR) is 88.7 cm³/mol. The van der Waals surface area contributed by atoms with Gasteiger partial charge in [-0.3, -0.25) is 9.78 Å². The van der Waals surface area contributed by atoms with Crippen LogP contribution in [0.15, 0.2) is 54.9 Å². The van der Waals surface area contributed by atoms with Crippen LogP contribution in [0.1, 0.15) is 18.1 Å². The average Bonchev–Trinajstić information content (AvgIpc) is 2.55. The number of carbonyl (C=O) groups excluding carboxylic acids is 2. The largest absolute Gasteiger partial charge is 0.463 e. The first kappa shape index (κ1) is 16.4. The molecule has 118 valence electrons. The molecule has 1 heterocycles. The Morgan fingerprint density at radius 2 is 1.83 bits per heavy atom. The van der Waals surface area contributed by atoms with Gasteiger partial charge < -0.3 is 10.1 Å². The summed E-state index contributed by atoms with van der Waals surface area (Å²) in [7, 11) is 0. The SMILES string of the molecule is CCOC(=O)/C=C/c1ccc(NC(=O)Cc2ccncc2)cc1. The van der Waals surface area contributed by atoms with Crippen molar-refractivity contribution in [3.63, 3.8) is 0 Å². The summed E-state index contributed by atoms with van der Waals surface area (Å²) in [6, 6.07) is 10.8. The maximum Gasteiger partial charge on any atom is 0.330 e. The van der Waals surface area contributed by atoms with Crippen LogP contribution < -0.4 is 5.32 Å². The van der Waals surface area contributed by atoms with E-state index in [-0.39, 0.29) is 11.9 Å². The molecule has 2 aromatic rings. The van der Waals surface area contributed by atoms with Crippen molar-refractivity contribution in [2.24, 2.45) is 0 Å². The second kappa shape index (κ2) is 8.48. The lowest BCUT2D eigenvalue weighted by Crippen LogP contribution is -2.14. The first-order valence-corrected chi connectivity index (χ1v) is 7.31. The summed E-state index contributed by atoms with van der Waals surface area (Å²) in [5, 5.41) is 2.83. The van der Waals surface area contributed by atoms with Crippen molar-refractivity contribution < 1.29 is 14.3 Å². The fraction of sp³-hybridized carbons (Fsp3) is 0.167. The van der Waals surface area contributed by atoms with Gasteiger partial charge in [0, 0.05) is 24.2 Å². The van der Waals surface area contributed by atoms with E-state index in [4.69, 9.17) is 4.74 Å². The Bertz CT molecular complexity index is 679. The number of nitrogens with one attached hydrogen (secondary N) is 1. The molecule has 0 saturated carbocycles. The Hall–Kier alpha value is -2.95. The fourth-order valence-electron chi connectivity index (χ4n) is 1.92. The number of carbonyl (C=O) groups is 2. The predicted octanol–water partition coefficient (Wildman–Crippen LogP) is 2.84. The monoisotopic (exact) mass is 310 g/mol. The molecular weight excluding hydrogens is 292 g/mol. The van der Waals surface area contributed by atoms with Crippen LogP contribution in [0.25, 0.3) is 6.08 Å². The summed E-state index contributed by atoms with van der Waals surface area (Å²) >= 11 is 0. The molecule has 0 atom stereocenters. The third-order valence-electron chi connectivity index (χ3n) is 3.01. The van der Waals surface area contributed by atoms with Crippen LogP contribution in [0.5, 0.6) is 0 Å². The highest BCUT2D eigenvalue weighted by Crippen LogP contribution is 2.11. The number of hydrogen-bond acceptors (Lipinski definition) is 4. The Morgan fingerprint density at radius 1 is 1.13 bits per heavy atom. The number of pyridine rings is 1. The van der Waals surface area contributed by atoms with Gasteiger partial charge in [-0.2, -0.15) is 0 Å². The van der Waals surface area contributed by atoms with E-state index in [1.807, 2.05) is 24.3 Å². The number of nitrogens with zero attached hydrogens (tertiary/aromatic N) is 1. The highest BCUT2D eigenvalue weighted by Gasteiger charge is 2.03. The maximum atomic E-state index is 11.9. The lowest BCUT2D eigenvalue weighted by atomic mass is 10.1. The zero-order valence-electron chi connectivity index (χ0n) is 12.9. The van der Waals surface area contributed by atoms with Crippen LogP contribution in [0.3, 0.4) is 0 Å². The van der Waals surface area contributed by atoms with Crippen LogP contribution in [0.2, 0.25) is 0 Å². The van der Waals surface area contributed by atoms with Gasteiger partial charge in [0.25, 0.3) is 0 Å². The van der Waals surface area contributed by atoms with Crippen LogP contribution in [0, 0.1) is 0 Å². The number of rotatable bonds is 6. The van der Waals surface area contributed by atoms with Crippen LogP contribution in [-0.2, 0) is 20.7 Å². The number of aromatic nitrogens is 1. The highest BCUT2D eigenvalue weighted by atomic mass is 16.5. The molecule has 2 rings (SSSR count). The average molecular weight is 310 g/mol. The quantitative estimate of drug-likeness (QED) is 0.658. The van der Waals surface area contributed by atoms with Gasteiger partial charge in [0.15, 0.2) is 0 Å². The zero-order chi connectivity index (χ0) is 16.5. The molecule has 5 heteroatoms. The van der Waals surface area contributed by atoms with Crippen molar-refractivity contribution >= 4 is 23.6 Å². The molecule has 0 spiro atoms. The highest BCUT2D eigenvalue weighted by molar-refractivity contribution is 5.92. The lowest BCUT2D eigenvalue weighted by Gasteiger charge is -2.05. The second-order valence-electron chi connectivity index (χ2n) is 4.79. The summed E-state index contributed by atoms with van der Waals surface area (Å²) in [5.41, 5.74) is 2.47. The first-order valence-electron chi connectivity index (χ1n) is 7.31. The molecule has 0 unspecified atom stereocenters. The minimum absolute atomic E-state index is 0.0917. The van der Waals surface area contributed by atoms with E-state index in [1.54, 1.807) is 37.5 Å². The number of hydrogen-bond donors (Lipinski definition) is 1. The third-order valence-corrected chi connectivity index (χ3v) is 3.01. The summed E-state index contributed by atoms with van der Waals surface area (Å²) in [6.45, 7) is 2.11. The molecule has 1 N–H and O–H groups in total. The van der Waals surface area contributed by atoms with E-state index in [9.17, 15) is 9.59 Å². The first-order chi connectivity index (χ1) is 11.2. The Morgan fingerprint density at radius 3 is 2.48 bits per heavy atom. The molecule has 0 radical (unpaired) electrons. The topological polar surface area (TPSA) is 68.3 Å². The van der Waals surface area contributed by atoms with Gasteiger partial charge in [-0.05, 0) is 48.4 Å². The van der Waals surface area contributed by atoms with E-state index in [2.05, 4.69) is 10.3 Å². The minimum atomic E-state index is -0.373. The standard InChI is InChI=1S/C18H18N2O3/c1-2-23-18(22)8-5-14-3-6-16(7-4-14)20-17(21)13-15-9-11-19-12-10-15/h3-12H,2,13H2,1H3,(H,20,21)/b8-5+. The summed E-state index contributed by atoms with van der Waals surface area (Å²) in [5.74, 6) is -0.465. The van der Waals surface area contributed by atoms with Gasteiger partial charge in [-0.25, -0.2) is 4.79 Å². The normalized spacial score (nSPS) is 10.5. The molecule has 23 heavy (non-hydrogen) atoms. The van der Waals surface area contributed by atoms with Gasteiger partial charge in [0.1, 0.15) is 0 Å². The van der Waals surface area contributed by atoms with Crippen molar-refractivity contribution in [2.75, 3.05) is 11.9 Å². The Labute approximate surface area is 135 Å². The van der Waals surface area contributed by atoms with Gasteiger partial charge >= 0.3 is 5.97 Å². The van der Waals surface area contributed by atoms with Crippen molar-refractivity contribution in [3.05, 3.63) is 66.0 Å². The van der Waals surface area contributed by atoms with Crippen molar-refractivity contribution in [1.29, 1.82) is 0 Å². The molecule has 0 bridgehead atoms. The maximum absolute atomic E-state index is 11.9. The van der Waals surface area contributed by atoms with Crippen molar-refractivity contribution in [1.82, 2.24) is 4.98 Å². The van der Waals surface area contributed by atoms with E-state index in [0.717, 1.165) is 11.1 Å². The number of ether oxygens (including phenoxy) is 1. The number of esters is 1. The molecule has 0 aliphatic carbocycles. The van der Waals surface area contributed by atoms with Crippen LogP contribution in [0.4, 0.5) is 5.69 Å². The minimum Gasteiger partial charge on any atom is -0.463 e. The summed E-state index contributed by atoms with van der Waals surface area (Å²) in [6.07, 6.45) is 6.66. The molecule has 0 aliphatic heterocycles. The van der Waals surface area contributed by atoms with Crippen molar-refractivity contribution in [2.45, 2.75) is 13.3 Å². The smallest absolute Gasteiger partial charge is 0.330 e. The van der Waals surface area contributed by atoms with Crippen LogP contribution in [-0.4, -0.2) is 23.5 Å². The molecule has 1 aromatic heterocycles. The van der Waals surface area contributed by atoms with E-state index >= 15 is 0 Å². The molecule has 1 aromatic carbocycles. The molecule has 0 fully saturated rings. The number of benzene rings is 1. The van der Waals surface area contributed by atoms with Gasteiger partial charge in [0.05, 0.1) is 13.0 Å². The van der Waals surface area contributed by atoms with Gasteiger partial charge in [-0.1, -0.05) is 12.1 Å². The molecule has 0 aliphatic rings. The van der Waals surface area contributed by atoms with E-state index in [0.29, 0.717) is 18.7 Å². The lowest BCUT2D eigenvalue weighted by molar-refractivity contribution is -0.137. The molecular formula is C18H18N2O3. The summed E-state index contributed by atoms with van der Waals surface area (Å²) < 4.78 is 4.81. The van der Waals surface area contributed by atoms with Gasteiger partial charge in [-0.15, -0.1) is 0 Å². The zero-order valence-corrected chi connectivity index (χ0v) is 12.9.